The molecule has 0 fully saturated rings. The predicted molar refractivity (Wildman–Crippen MR) is 73.7 cm³/mol. The van der Waals surface area contributed by atoms with Gasteiger partial charge in [0, 0.05) is 17.6 Å². The van der Waals surface area contributed by atoms with Gasteiger partial charge in [0.1, 0.15) is 11.2 Å². The van der Waals surface area contributed by atoms with E-state index in [1.807, 2.05) is 0 Å². The average molecular weight is 270 g/mol. The second-order valence-corrected chi connectivity index (χ2v) is 4.50. The molecular formula is C15H11FN2O2. The van der Waals surface area contributed by atoms with Crippen molar-refractivity contribution in [2.24, 2.45) is 0 Å². The highest BCUT2D eigenvalue weighted by molar-refractivity contribution is 5.86. The molecule has 3 rings (SSSR count). The van der Waals surface area contributed by atoms with Gasteiger partial charge in [-0.1, -0.05) is 0 Å². The number of fused-ring (bicyclic) bond motifs is 1. The van der Waals surface area contributed by atoms with Gasteiger partial charge in [-0.05, 0) is 48.7 Å². The minimum atomic E-state index is -0.378. The van der Waals surface area contributed by atoms with Crippen molar-refractivity contribution in [3.8, 4) is 11.6 Å². The Bertz CT molecular complexity index is 854. The van der Waals surface area contributed by atoms with E-state index in [0.29, 0.717) is 16.8 Å². The molecule has 0 bridgehead atoms. The minimum Gasteiger partial charge on any atom is -0.493 e. The largest absolute Gasteiger partial charge is 0.493 e. The van der Waals surface area contributed by atoms with Crippen molar-refractivity contribution in [1.82, 2.24) is 9.55 Å². The molecule has 0 radical (unpaired) electrons. The average Bonchev–Trinajstić information content (AvgIpc) is 2.40. The van der Waals surface area contributed by atoms with E-state index >= 15 is 0 Å². The van der Waals surface area contributed by atoms with Crippen LogP contribution in [0.4, 0.5) is 4.39 Å². The number of benzene rings is 1. The lowest BCUT2D eigenvalue weighted by molar-refractivity contribution is 0.459. The summed E-state index contributed by atoms with van der Waals surface area (Å²) in [6.45, 7) is 1.78. The summed E-state index contributed by atoms with van der Waals surface area (Å²) >= 11 is 0. The Morgan fingerprint density at radius 3 is 2.60 bits per heavy atom. The molecule has 3 aromatic rings. The van der Waals surface area contributed by atoms with E-state index in [1.165, 1.54) is 35.0 Å². The van der Waals surface area contributed by atoms with E-state index in [4.69, 9.17) is 0 Å². The Balaban J connectivity index is 2.39. The summed E-state index contributed by atoms with van der Waals surface area (Å²) in [5.41, 5.74) is 0.857. The zero-order valence-corrected chi connectivity index (χ0v) is 10.7. The molecule has 0 saturated heterocycles. The van der Waals surface area contributed by atoms with Gasteiger partial charge in [-0.2, -0.15) is 0 Å². The maximum atomic E-state index is 13.0. The number of aromatic hydroxyl groups is 1. The summed E-state index contributed by atoms with van der Waals surface area (Å²) in [6, 6.07) is 9.05. The van der Waals surface area contributed by atoms with Gasteiger partial charge in [0.05, 0.1) is 0 Å². The third-order valence-corrected chi connectivity index (χ3v) is 3.18. The molecule has 1 N–H and O–H groups in total. The Morgan fingerprint density at radius 2 is 1.90 bits per heavy atom. The molecule has 100 valence electrons. The second-order valence-electron chi connectivity index (χ2n) is 4.50. The van der Waals surface area contributed by atoms with E-state index in [2.05, 4.69) is 4.98 Å². The van der Waals surface area contributed by atoms with E-state index < -0.39 is 0 Å². The van der Waals surface area contributed by atoms with Crippen LogP contribution in [0.1, 0.15) is 5.69 Å². The van der Waals surface area contributed by atoms with Crippen molar-refractivity contribution in [3.63, 3.8) is 0 Å². The lowest BCUT2D eigenvalue weighted by Crippen LogP contribution is -2.20. The number of halogens is 1. The van der Waals surface area contributed by atoms with Crippen LogP contribution in [0.25, 0.3) is 16.5 Å². The molecule has 0 aliphatic heterocycles. The smallest absolute Gasteiger partial charge is 0.268 e. The Kier molecular flexibility index (Phi) is 2.75. The number of aromatic nitrogens is 2. The van der Waals surface area contributed by atoms with Crippen molar-refractivity contribution in [3.05, 3.63) is 64.5 Å². The van der Waals surface area contributed by atoms with Crippen LogP contribution >= 0.6 is 0 Å². The summed E-state index contributed by atoms with van der Waals surface area (Å²) in [5.74, 6) is -0.673. The summed E-state index contributed by atoms with van der Waals surface area (Å²) in [4.78, 5) is 16.3. The molecule has 4 nitrogen and oxygen atoms in total. The standard InChI is InChI=1S/C15H11FN2O2/c1-9-8-10-6-7-17-14(19)13(10)15(20)18(9)12-4-2-11(16)3-5-12/h2-8H,1H3,(H,17,19). The highest BCUT2D eigenvalue weighted by atomic mass is 19.1. The van der Waals surface area contributed by atoms with E-state index in [1.54, 1.807) is 19.1 Å². The van der Waals surface area contributed by atoms with Crippen molar-refractivity contribution >= 4 is 10.8 Å². The molecule has 0 aliphatic rings. The molecule has 2 aromatic heterocycles. The van der Waals surface area contributed by atoms with Crippen LogP contribution in [0.5, 0.6) is 5.88 Å². The van der Waals surface area contributed by atoms with E-state index in [-0.39, 0.29) is 22.6 Å². The fourth-order valence-electron chi connectivity index (χ4n) is 2.28. The number of aryl methyl sites for hydroxylation is 1. The van der Waals surface area contributed by atoms with Crippen molar-refractivity contribution in [2.75, 3.05) is 0 Å². The molecule has 5 heteroatoms. The minimum absolute atomic E-state index is 0.155. The third kappa shape index (κ3) is 1.84. The molecule has 0 unspecified atom stereocenters. The first-order valence-electron chi connectivity index (χ1n) is 6.04. The van der Waals surface area contributed by atoms with Gasteiger partial charge >= 0.3 is 0 Å². The summed E-state index contributed by atoms with van der Waals surface area (Å²) in [5, 5.41) is 10.6. The maximum Gasteiger partial charge on any atom is 0.268 e. The van der Waals surface area contributed by atoms with Crippen LogP contribution in [-0.2, 0) is 0 Å². The lowest BCUT2D eigenvalue weighted by Gasteiger charge is -2.12. The van der Waals surface area contributed by atoms with Crippen LogP contribution in [0.15, 0.2) is 47.4 Å². The van der Waals surface area contributed by atoms with Crippen LogP contribution < -0.4 is 5.56 Å². The SMILES string of the molecule is Cc1cc2ccnc(O)c2c(=O)n1-c1ccc(F)cc1. The van der Waals surface area contributed by atoms with Gasteiger partial charge in [0.15, 0.2) is 0 Å². The van der Waals surface area contributed by atoms with Crippen molar-refractivity contribution in [1.29, 1.82) is 0 Å². The van der Waals surface area contributed by atoms with Gasteiger partial charge in [0.25, 0.3) is 5.56 Å². The predicted octanol–water partition coefficient (Wildman–Crippen LogP) is 2.54. The Hall–Kier alpha value is -2.69. The van der Waals surface area contributed by atoms with E-state index in [0.717, 1.165) is 0 Å². The molecule has 0 saturated carbocycles. The van der Waals surface area contributed by atoms with Gasteiger partial charge in [-0.25, -0.2) is 9.37 Å². The fourth-order valence-corrected chi connectivity index (χ4v) is 2.28. The zero-order chi connectivity index (χ0) is 14.3. The van der Waals surface area contributed by atoms with Gasteiger partial charge in [-0.15, -0.1) is 0 Å². The fraction of sp³-hybridized carbons (Fsp3) is 0.0667. The molecule has 2 heterocycles. The molecule has 20 heavy (non-hydrogen) atoms. The second kappa shape index (κ2) is 4.45. The Morgan fingerprint density at radius 1 is 1.20 bits per heavy atom. The maximum absolute atomic E-state index is 13.0. The monoisotopic (exact) mass is 270 g/mol. The number of nitrogens with zero attached hydrogens (tertiary/aromatic N) is 2. The number of pyridine rings is 2. The first-order chi connectivity index (χ1) is 9.58. The lowest BCUT2D eigenvalue weighted by atomic mass is 10.1. The molecule has 0 amide bonds. The molecular weight excluding hydrogens is 259 g/mol. The first-order valence-corrected chi connectivity index (χ1v) is 6.04. The normalized spacial score (nSPS) is 10.9. The van der Waals surface area contributed by atoms with E-state index in [9.17, 15) is 14.3 Å². The zero-order valence-electron chi connectivity index (χ0n) is 10.7. The third-order valence-electron chi connectivity index (χ3n) is 3.18. The number of hydrogen-bond acceptors (Lipinski definition) is 3. The molecule has 1 aromatic carbocycles. The van der Waals surface area contributed by atoms with Crippen LogP contribution in [-0.4, -0.2) is 14.7 Å². The van der Waals surface area contributed by atoms with Crippen molar-refractivity contribution < 1.29 is 9.50 Å². The first kappa shape index (κ1) is 12.3. The highest BCUT2D eigenvalue weighted by Crippen LogP contribution is 2.20. The summed E-state index contributed by atoms with van der Waals surface area (Å²) < 4.78 is 14.4. The summed E-state index contributed by atoms with van der Waals surface area (Å²) in [6.07, 6.45) is 1.44. The van der Waals surface area contributed by atoms with Gasteiger partial charge in [0.2, 0.25) is 5.88 Å². The molecule has 0 spiro atoms. The summed E-state index contributed by atoms with van der Waals surface area (Å²) in [7, 11) is 0. The van der Waals surface area contributed by atoms with Crippen LogP contribution in [0, 0.1) is 12.7 Å². The highest BCUT2D eigenvalue weighted by Gasteiger charge is 2.12. The molecule has 0 aliphatic carbocycles. The molecule has 0 atom stereocenters. The number of rotatable bonds is 1. The van der Waals surface area contributed by atoms with Crippen molar-refractivity contribution in [2.45, 2.75) is 6.92 Å². The quantitative estimate of drug-likeness (QED) is 0.739. The Labute approximate surface area is 113 Å². The topological polar surface area (TPSA) is 55.1 Å². The number of hydrogen-bond donors (Lipinski definition) is 1. The van der Waals surface area contributed by atoms with Crippen LogP contribution in [0.2, 0.25) is 0 Å². The van der Waals surface area contributed by atoms with Crippen LogP contribution in [0.3, 0.4) is 0 Å². The van der Waals surface area contributed by atoms with Gasteiger partial charge < -0.3 is 5.11 Å². The van der Waals surface area contributed by atoms with Gasteiger partial charge in [-0.3, -0.25) is 9.36 Å².